The fourth-order valence-electron chi connectivity index (χ4n) is 1.52. The molecule has 0 aliphatic heterocycles. The van der Waals surface area contributed by atoms with Crippen LogP contribution in [0.1, 0.15) is 5.56 Å². The molecule has 2 aromatic rings. The van der Waals surface area contributed by atoms with Crippen molar-refractivity contribution in [2.45, 2.75) is 6.92 Å². The van der Waals surface area contributed by atoms with E-state index in [2.05, 4.69) is 9.98 Å². The molecule has 0 N–H and O–H groups in total. The van der Waals surface area contributed by atoms with E-state index in [9.17, 15) is 4.79 Å². The Morgan fingerprint density at radius 1 is 1.56 bits per heavy atom. The van der Waals surface area contributed by atoms with Gasteiger partial charge in [0.25, 0.3) is 10.8 Å². The first-order chi connectivity index (χ1) is 8.65. The highest BCUT2D eigenvalue weighted by molar-refractivity contribution is 8.12. The van der Waals surface area contributed by atoms with E-state index in [-0.39, 0.29) is 11.2 Å². The van der Waals surface area contributed by atoms with Gasteiger partial charge in [-0.2, -0.15) is 0 Å². The Morgan fingerprint density at radius 2 is 2.33 bits per heavy atom. The third-order valence-corrected chi connectivity index (χ3v) is 3.02. The van der Waals surface area contributed by atoms with Gasteiger partial charge in [0.2, 0.25) is 0 Å². The highest BCUT2D eigenvalue weighted by Crippen LogP contribution is 2.10. The summed E-state index contributed by atoms with van der Waals surface area (Å²) in [6.45, 7) is 1.95. The zero-order valence-electron chi connectivity index (χ0n) is 10.4. The van der Waals surface area contributed by atoms with Crippen LogP contribution in [0.5, 0.6) is 0 Å². The predicted molar refractivity (Wildman–Crippen MR) is 73.8 cm³/mol. The largest absolute Gasteiger partial charge is 0.476 e. The van der Waals surface area contributed by atoms with Crippen LogP contribution >= 0.6 is 11.8 Å². The van der Waals surface area contributed by atoms with Crippen molar-refractivity contribution in [2.24, 2.45) is 4.99 Å². The Hall–Kier alpha value is -1.82. The highest BCUT2D eigenvalue weighted by Gasteiger charge is 2.05. The molecule has 0 bridgehead atoms. The molecular formula is C12H13N3O2S. The molecule has 0 unspecified atom stereocenters. The van der Waals surface area contributed by atoms with E-state index in [4.69, 9.17) is 4.74 Å². The van der Waals surface area contributed by atoms with Gasteiger partial charge in [-0.15, -0.1) is 0 Å². The fraction of sp³-hybridized carbons (Fsp3) is 0.250. The maximum absolute atomic E-state index is 12.2. The fourth-order valence-corrected chi connectivity index (χ4v) is 1.87. The Bertz CT molecular complexity index is 658. The van der Waals surface area contributed by atoms with E-state index < -0.39 is 0 Å². The minimum Gasteiger partial charge on any atom is -0.476 e. The average Bonchev–Trinajstić information content (AvgIpc) is 2.38. The number of rotatable bonds is 1. The van der Waals surface area contributed by atoms with Gasteiger partial charge in [0, 0.05) is 6.20 Å². The molecule has 6 heteroatoms. The topological polar surface area (TPSA) is 56.0 Å². The van der Waals surface area contributed by atoms with Crippen molar-refractivity contribution < 1.29 is 4.74 Å². The molecular weight excluding hydrogens is 250 g/mol. The predicted octanol–water partition coefficient (Wildman–Crippen LogP) is 2.00. The molecule has 2 aromatic heterocycles. The molecule has 0 saturated carbocycles. The zero-order valence-corrected chi connectivity index (χ0v) is 11.2. The van der Waals surface area contributed by atoms with Gasteiger partial charge in [-0.05, 0) is 30.9 Å². The van der Waals surface area contributed by atoms with Crippen LogP contribution in [0.4, 0.5) is 5.69 Å². The number of methoxy groups -OCH3 is 1. The lowest BCUT2D eigenvalue weighted by Crippen LogP contribution is -2.14. The standard InChI is InChI=1S/C12H13N3O2S/c1-8-4-5-15-10(6-8)13-7-9(11(15)16)14-12(17-2)18-3/h4-7H,1-3H3. The van der Waals surface area contributed by atoms with Crippen LogP contribution in [0.25, 0.3) is 5.65 Å². The molecule has 0 aliphatic rings. The lowest BCUT2D eigenvalue weighted by atomic mass is 10.3. The summed E-state index contributed by atoms with van der Waals surface area (Å²) in [6.07, 6.45) is 4.99. The molecule has 0 fully saturated rings. The number of fused-ring (bicyclic) bond motifs is 1. The van der Waals surface area contributed by atoms with Crippen LogP contribution in [0, 0.1) is 6.92 Å². The number of aromatic nitrogens is 2. The van der Waals surface area contributed by atoms with Crippen LogP contribution in [0.15, 0.2) is 34.3 Å². The molecule has 2 rings (SSSR count). The normalized spacial score (nSPS) is 11.8. The van der Waals surface area contributed by atoms with Crippen LogP contribution in [-0.4, -0.2) is 28.0 Å². The minimum absolute atomic E-state index is 0.205. The van der Waals surface area contributed by atoms with Crippen molar-refractivity contribution in [3.05, 3.63) is 40.4 Å². The Morgan fingerprint density at radius 3 is 3.00 bits per heavy atom. The van der Waals surface area contributed by atoms with Crippen molar-refractivity contribution in [3.8, 4) is 0 Å². The molecule has 0 radical (unpaired) electrons. The van der Waals surface area contributed by atoms with Crippen molar-refractivity contribution in [3.63, 3.8) is 0 Å². The molecule has 0 aromatic carbocycles. The maximum atomic E-state index is 12.2. The van der Waals surface area contributed by atoms with Gasteiger partial charge in [-0.1, -0.05) is 11.8 Å². The number of hydrogen-bond acceptors (Lipinski definition) is 5. The van der Waals surface area contributed by atoms with Crippen LogP contribution in [0.2, 0.25) is 0 Å². The summed E-state index contributed by atoms with van der Waals surface area (Å²) in [5, 5.41) is 0.431. The van der Waals surface area contributed by atoms with Crippen molar-refractivity contribution in [1.82, 2.24) is 9.38 Å². The van der Waals surface area contributed by atoms with Gasteiger partial charge in [0.1, 0.15) is 5.65 Å². The van der Waals surface area contributed by atoms with Gasteiger partial charge < -0.3 is 4.74 Å². The summed E-state index contributed by atoms with van der Waals surface area (Å²) in [6, 6.07) is 3.70. The van der Waals surface area contributed by atoms with Gasteiger partial charge in [0.15, 0.2) is 5.69 Å². The number of pyridine rings is 1. The van der Waals surface area contributed by atoms with Crippen molar-refractivity contribution >= 4 is 28.3 Å². The molecule has 94 valence electrons. The van der Waals surface area contributed by atoms with Gasteiger partial charge in [-0.25, -0.2) is 9.98 Å². The van der Waals surface area contributed by atoms with Crippen LogP contribution < -0.4 is 5.56 Å². The second-order valence-corrected chi connectivity index (χ2v) is 4.42. The molecule has 0 spiro atoms. The highest BCUT2D eigenvalue weighted by atomic mass is 32.2. The first-order valence-corrected chi connectivity index (χ1v) is 6.53. The molecule has 18 heavy (non-hydrogen) atoms. The molecule has 0 atom stereocenters. The maximum Gasteiger partial charge on any atom is 0.283 e. The second-order valence-electron chi connectivity index (χ2n) is 3.67. The van der Waals surface area contributed by atoms with Crippen LogP contribution in [0.3, 0.4) is 0 Å². The smallest absolute Gasteiger partial charge is 0.283 e. The second kappa shape index (κ2) is 5.22. The van der Waals surface area contributed by atoms with E-state index in [1.54, 1.807) is 6.20 Å². The Labute approximate surface area is 109 Å². The third-order valence-electron chi connectivity index (χ3n) is 2.41. The van der Waals surface area contributed by atoms with E-state index in [1.807, 2.05) is 25.3 Å². The van der Waals surface area contributed by atoms with E-state index in [0.717, 1.165) is 5.56 Å². The Kier molecular flexibility index (Phi) is 3.66. The summed E-state index contributed by atoms with van der Waals surface area (Å²) in [7, 11) is 1.52. The zero-order chi connectivity index (χ0) is 13.1. The lowest BCUT2D eigenvalue weighted by Gasteiger charge is -2.03. The number of aryl methyl sites for hydroxylation is 1. The number of nitrogens with zero attached hydrogens (tertiary/aromatic N) is 3. The average molecular weight is 263 g/mol. The number of hydrogen-bond donors (Lipinski definition) is 0. The SMILES string of the molecule is COC(=Nc1cnc2cc(C)ccn2c1=O)SC. The lowest BCUT2D eigenvalue weighted by molar-refractivity contribution is 0.416. The van der Waals surface area contributed by atoms with E-state index >= 15 is 0 Å². The van der Waals surface area contributed by atoms with Gasteiger partial charge in [-0.3, -0.25) is 9.20 Å². The van der Waals surface area contributed by atoms with Crippen molar-refractivity contribution in [1.29, 1.82) is 0 Å². The summed E-state index contributed by atoms with van der Waals surface area (Å²) in [5.41, 5.74) is 1.73. The van der Waals surface area contributed by atoms with E-state index in [0.29, 0.717) is 10.9 Å². The van der Waals surface area contributed by atoms with Gasteiger partial charge >= 0.3 is 0 Å². The Balaban J connectivity index is 2.62. The monoisotopic (exact) mass is 263 g/mol. The van der Waals surface area contributed by atoms with Crippen LogP contribution in [-0.2, 0) is 4.74 Å². The minimum atomic E-state index is -0.205. The number of ether oxygens (including phenoxy) is 1. The summed E-state index contributed by atoms with van der Waals surface area (Å²) in [5.74, 6) is 0. The quantitative estimate of drug-likeness (QED) is 0.583. The molecule has 0 aliphatic carbocycles. The number of aliphatic imine (C=N–C) groups is 1. The molecule has 0 amide bonds. The van der Waals surface area contributed by atoms with Gasteiger partial charge in [0.05, 0.1) is 13.3 Å². The summed E-state index contributed by atoms with van der Waals surface area (Å²) in [4.78, 5) is 20.5. The molecule has 5 nitrogen and oxygen atoms in total. The first-order valence-electron chi connectivity index (χ1n) is 5.30. The first kappa shape index (κ1) is 12.6. The molecule has 0 saturated heterocycles. The summed E-state index contributed by atoms with van der Waals surface area (Å²) < 4.78 is 6.50. The molecule has 2 heterocycles. The number of thioether (sulfide) groups is 1. The third kappa shape index (κ3) is 2.38. The van der Waals surface area contributed by atoms with Crippen molar-refractivity contribution in [2.75, 3.05) is 13.4 Å². The summed E-state index contributed by atoms with van der Waals surface area (Å²) >= 11 is 1.33. The van der Waals surface area contributed by atoms with E-state index in [1.165, 1.54) is 29.5 Å².